The molecule has 0 bridgehead atoms. The molecule has 0 aliphatic heterocycles. The van der Waals surface area contributed by atoms with E-state index in [9.17, 15) is 19.7 Å². The summed E-state index contributed by atoms with van der Waals surface area (Å²) < 4.78 is 0. The number of nitrogens with zero attached hydrogens (tertiary/aromatic N) is 3. The molecule has 2 amide bonds. The van der Waals surface area contributed by atoms with Gasteiger partial charge in [0.1, 0.15) is 5.56 Å². The van der Waals surface area contributed by atoms with Crippen molar-refractivity contribution in [2.45, 2.75) is 18.5 Å². The van der Waals surface area contributed by atoms with Gasteiger partial charge in [0.15, 0.2) is 10.9 Å². The third kappa shape index (κ3) is 4.90. The molecule has 11 heteroatoms. The number of carbonyl (C=O) groups is 2. The van der Waals surface area contributed by atoms with E-state index in [-0.39, 0.29) is 22.0 Å². The topological polar surface area (TPSA) is 127 Å². The summed E-state index contributed by atoms with van der Waals surface area (Å²) in [5.41, 5.74) is 3.58. The molecule has 2 N–H and O–H groups in total. The summed E-state index contributed by atoms with van der Waals surface area (Å²) in [6, 6.07) is 5.37. The van der Waals surface area contributed by atoms with Gasteiger partial charge in [0.2, 0.25) is 0 Å². The van der Waals surface area contributed by atoms with Crippen LogP contribution in [0.2, 0.25) is 5.02 Å². The lowest BCUT2D eigenvalue weighted by Crippen LogP contribution is -2.42. The quantitative estimate of drug-likeness (QED) is 0.333. The predicted octanol–water partition coefficient (Wildman–Crippen LogP) is 2.62. The molecule has 26 heavy (non-hydrogen) atoms. The van der Waals surface area contributed by atoms with Gasteiger partial charge < -0.3 is 0 Å². The van der Waals surface area contributed by atoms with Gasteiger partial charge in [-0.2, -0.15) is 0 Å². The maximum absolute atomic E-state index is 12.2. The summed E-state index contributed by atoms with van der Waals surface area (Å²) in [6.45, 7) is 1.99. The van der Waals surface area contributed by atoms with Crippen molar-refractivity contribution in [1.82, 2.24) is 20.8 Å². The SMILES string of the molecule is CCCSc1ncc(Cl)c(C(=O)NNC(=O)c2ccccc2[N+](=O)[O-])n1. The van der Waals surface area contributed by atoms with E-state index in [1.54, 1.807) is 0 Å². The van der Waals surface area contributed by atoms with Crippen LogP contribution in [-0.2, 0) is 0 Å². The molecule has 1 aromatic heterocycles. The summed E-state index contributed by atoms with van der Waals surface area (Å²) >= 11 is 7.29. The molecule has 1 aromatic carbocycles. The Kier molecular flexibility index (Phi) is 6.87. The Balaban J connectivity index is 2.09. The van der Waals surface area contributed by atoms with E-state index < -0.39 is 16.7 Å². The van der Waals surface area contributed by atoms with Crippen molar-refractivity contribution in [3.63, 3.8) is 0 Å². The molecule has 0 aliphatic carbocycles. The molecular weight excluding hydrogens is 382 g/mol. The number of benzene rings is 1. The number of nitrogens with one attached hydrogen (secondary N) is 2. The fraction of sp³-hybridized carbons (Fsp3) is 0.200. The molecule has 0 unspecified atom stereocenters. The summed E-state index contributed by atoms with van der Waals surface area (Å²) in [6.07, 6.45) is 2.20. The van der Waals surface area contributed by atoms with Crippen LogP contribution >= 0.6 is 23.4 Å². The van der Waals surface area contributed by atoms with Crippen molar-refractivity contribution in [2.24, 2.45) is 0 Å². The number of nitro groups is 1. The molecule has 0 saturated carbocycles. The molecule has 0 spiro atoms. The number of amides is 2. The van der Waals surface area contributed by atoms with Crippen molar-refractivity contribution in [3.05, 3.63) is 56.9 Å². The fourth-order valence-electron chi connectivity index (χ4n) is 1.84. The zero-order chi connectivity index (χ0) is 19.1. The largest absolute Gasteiger partial charge is 0.289 e. The van der Waals surface area contributed by atoms with Gasteiger partial charge in [0, 0.05) is 11.8 Å². The predicted molar refractivity (Wildman–Crippen MR) is 96.1 cm³/mol. The minimum absolute atomic E-state index is 0.0169. The molecule has 1 heterocycles. The van der Waals surface area contributed by atoms with Crippen LogP contribution in [0, 0.1) is 10.1 Å². The van der Waals surface area contributed by atoms with Crippen molar-refractivity contribution in [1.29, 1.82) is 0 Å². The van der Waals surface area contributed by atoms with E-state index in [0.29, 0.717) is 5.16 Å². The van der Waals surface area contributed by atoms with Crippen LogP contribution in [0.4, 0.5) is 5.69 Å². The minimum Gasteiger partial charge on any atom is -0.267 e. The van der Waals surface area contributed by atoms with Crippen LogP contribution in [-0.4, -0.2) is 32.5 Å². The van der Waals surface area contributed by atoms with Crippen molar-refractivity contribution in [2.75, 3.05) is 5.75 Å². The van der Waals surface area contributed by atoms with Crippen molar-refractivity contribution >= 4 is 40.9 Å². The average Bonchev–Trinajstić information content (AvgIpc) is 2.65. The second-order valence-corrected chi connectivity index (χ2v) is 6.35. The first kappa shape index (κ1) is 19.6. The number of halogens is 1. The van der Waals surface area contributed by atoms with E-state index in [2.05, 4.69) is 20.8 Å². The zero-order valence-electron chi connectivity index (χ0n) is 13.6. The first-order chi connectivity index (χ1) is 12.4. The van der Waals surface area contributed by atoms with Crippen LogP contribution in [0.5, 0.6) is 0 Å². The highest BCUT2D eigenvalue weighted by Crippen LogP contribution is 2.19. The molecule has 0 saturated heterocycles. The monoisotopic (exact) mass is 395 g/mol. The summed E-state index contributed by atoms with van der Waals surface area (Å²) in [5, 5.41) is 11.4. The van der Waals surface area contributed by atoms with Gasteiger partial charge in [-0.3, -0.25) is 30.6 Å². The van der Waals surface area contributed by atoms with Gasteiger partial charge in [-0.1, -0.05) is 42.4 Å². The van der Waals surface area contributed by atoms with E-state index in [1.165, 1.54) is 42.2 Å². The number of nitro benzene ring substituents is 1. The Bertz CT molecular complexity index is 849. The normalized spacial score (nSPS) is 10.2. The molecule has 0 fully saturated rings. The zero-order valence-corrected chi connectivity index (χ0v) is 15.1. The number of para-hydroxylation sites is 1. The molecule has 2 aromatic rings. The van der Waals surface area contributed by atoms with Gasteiger partial charge in [-0.25, -0.2) is 9.97 Å². The first-order valence-electron chi connectivity index (χ1n) is 7.43. The molecule has 9 nitrogen and oxygen atoms in total. The number of hydrazine groups is 1. The maximum atomic E-state index is 12.2. The lowest BCUT2D eigenvalue weighted by Gasteiger charge is -2.09. The number of hydrogen-bond donors (Lipinski definition) is 2. The Morgan fingerprint density at radius 1 is 1.27 bits per heavy atom. The molecule has 0 aliphatic rings. The van der Waals surface area contributed by atoms with Crippen LogP contribution in [0.1, 0.15) is 34.2 Å². The Labute approximate surface area is 157 Å². The third-order valence-corrected chi connectivity index (χ3v) is 4.35. The highest BCUT2D eigenvalue weighted by molar-refractivity contribution is 7.99. The van der Waals surface area contributed by atoms with E-state index in [4.69, 9.17) is 11.6 Å². The highest BCUT2D eigenvalue weighted by Gasteiger charge is 2.21. The smallest absolute Gasteiger partial charge is 0.267 e. The lowest BCUT2D eigenvalue weighted by atomic mass is 10.2. The number of carbonyl (C=O) groups excluding carboxylic acids is 2. The molecule has 0 radical (unpaired) electrons. The minimum atomic E-state index is -0.837. The second-order valence-electron chi connectivity index (χ2n) is 4.88. The van der Waals surface area contributed by atoms with Crippen molar-refractivity contribution < 1.29 is 14.5 Å². The van der Waals surface area contributed by atoms with Gasteiger partial charge in [-0.15, -0.1) is 0 Å². The number of thioether (sulfide) groups is 1. The van der Waals surface area contributed by atoms with Gasteiger partial charge in [-0.05, 0) is 12.5 Å². The summed E-state index contributed by atoms with van der Waals surface area (Å²) in [4.78, 5) is 42.6. The lowest BCUT2D eigenvalue weighted by molar-refractivity contribution is -0.385. The molecule has 0 atom stereocenters. The van der Waals surface area contributed by atoms with Crippen molar-refractivity contribution in [3.8, 4) is 0 Å². The second kappa shape index (κ2) is 9.11. The molecule has 2 rings (SSSR count). The van der Waals surface area contributed by atoms with Gasteiger partial charge >= 0.3 is 0 Å². The average molecular weight is 396 g/mol. The first-order valence-corrected chi connectivity index (χ1v) is 8.79. The Hall–Kier alpha value is -2.72. The highest BCUT2D eigenvalue weighted by atomic mass is 35.5. The number of hydrogen-bond acceptors (Lipinski definition) is 7. The third-order valence-electron chi connectivity index (χ3n) is 3.01. The number of rotatable bonds is 6. The maximum Gasteiger partial charge on any atom is 0.289 e. The summed E-state index contributed by atoms with van der Waals surface area (Å²) in [5.74, 6) is -0.823. The van der Waals surface area contributed by atoms with Gasteiger partial charge in [0.05, 0.1) is 16.1 Å². The Morgan fingerprint density at radius 2 is 1.96 bits per heavy atom. The van der Waals surface area contributed by atoms with E-state index >= 15 is 0 Å². The van der Waals surface area contributed by atoms with Crippen LogP contribution < -0.4 is 10.9 Å². The van der Waals surface area contributed by atoms with E-state index in [0.717, 1.165) is 12.2 Å². The van der Waals surface area contributed by atoms with Gasteiger partial charge in [0.25, 0.3) is 17.5 Å². The van der Waals surface area contributed by atoms with Crippen LogP contribution in [0.15, 0.2) is 35.6 Å². The number of aromatic nitrogens is 2. The molecule has 136 valence electrons. The fourth-order valence-corrected chi connectivity index (χ4v) is 2.68. The van der Waals surface area contributed by atoms with E-state index in [1.807, 2.05) is 6.92 Å². The molecular formula is C15H14ClN5O4S. The van der Waals surface area contributed by atoms with Crippen LogP contribution in [0.3, 0.4) is 0 Å². The Morgan fingerprint density at radius 3 is 2.65 bits per heavy atom. The standard InChI is InChI=1S/C15H14ClN5O4S/c1-2-7-26-15-17-8-10(16)12(18-15)14(23)20-19-13(22)9-5-3-4-6-11(9)21(24)25/h3-6,8H,2,7H2,1H3,(H,19,22)(H,20,23). The summed E-state index contributed by atoms with van der Waals surface area (Å²) in [7, 11) is 0. The van der Waals surface area contributed by atoms with Crippen LogP contribution in [0.25, 0.3) is 0 Å².